The fraction of sp³-hybridized carbons (Fsp3) is 0.273. The third-order valence-corrected chi connectivity index (χ3v) is 6.02. The summed E-state index contributed by atoms with van der Waals surface area (Å²) in [6.45, 7) is 1.61. The maximum atomic E-state index is 13.0. The number of nitrogens with zero attached hydrogens (tertiary/aromatic N) is 1. The molecule has 2 amide bonds. The number of carbonyl (C=O) groups excluding carboxylic acids is 2. The van der Waals surface area contributed by atoms with Crippen molar-refractivity contribution >= 4 is 23.2 Å². The molecule has 3 heterocycles. The standard InChI is InChI=1S/C22H22N2O3S/c25-21(23-15-18-7-4-13-27-18)17-8-11-24(12-9-17)22(26)20-19(10-14-28-20)16-5-2-1-3-6-16/h1-7,10,13-14,17H,8-9,11-12,15H2,(H,23,25). The maximum absolute atomic E-state index is 13.0. The number of hydrogen-bond acceptors (Lipinski definition) is 4. The molecule has 0 saturated carbocycles. The van der Waals surface area contributed by atoms with E-state index in [4.69, 9.17) is 4.42 Å². The monoisotopic (exact) mass is 394 g/mol. The van der Waals surface area contributed by atoms with Crippen LogP contribution in [0.4, 0.5) is 0 Å². The minimum absolute atomic E-state index is 0.0320. The molecule has 2 aromatic heterocycles. The normalized spacial score (nSPS) is 14.8. The lowest BCUT2D eigenvalue weighted by molar-refractivity contribution is -0.126. The second-order valence-electron chi connectivity index (χ2n) is 6.89. The topological polar surface area (TPSA) is 62.6 Å². The van der Waals surface area contributed by atoms with Crippen LogP contribution in [0.3, 0.4) is 0 Å². The average Bonchev–Trinajstić information content (AvgIpc) is 3.44. The van der Waals surface area contributed by atoms with Crippen LogP contribution < -0.4 is 5.32 Å². The number of rotatable bonds is 5. The second-order valence-corrected chi connectivity index (χ2v) is 7.81. The Bertz CT molecular complexity index is 926. The van der Waals surface area contributed by atoms with Crippen molar-refractivity contribution in [2.45, 2.75) is 19.4 Å². The molecule has 0 atom stereocenters. The van der Waals surface area contributed by atoms with Crippen LogP contribution in [0.2, 0.25) is 0 Å². The van der Waals surface area contributed by atoms with E-state index >= 15 is 0 Å². The molecule has 0 unspecified atom stereocenters. The van der Waals surface area contributed by atoms with E-state index < -0.39 is 0 Å². The number of amides is 2. The SMILES string of the molecule is O=C(NCc1ccco1)C1CCN(C(=O)c2sccc2-c2ccccc2)CC1. The van der Waals surface area contributed by atoms with E-state index in [1.54, 1.807) is 12.3 Å². The van der Waals surface area contributed by atoms with Gasteiger partial charge in [0.1, 0.15) is 5.76 Å². The molecule has 1 aliphatic rings. The van der Waals surface area contributed by atoms with Gasteiger partial charge in [0.05, 0.1) is 17.7 Å². The molecule has 1 N–H and O–H groups in total. The van der Waals surface area contributed by atoms with Gasteiger partial charge in [-0.2, -0.15) is 0 Å². The molecule has 6 heteroatoms. The summed E-state index contributed by atoms with van der Waals surface area (Å²) in [5.41, 5.74) is 2.04. The van der Waals surface area contributed by atoms with E-state index in [2.05, 4.69) is 5.32 Å². The van der Waals surface area contributed by atoms with Gasteiger partial charge in [-0.1, -0.05) is 30.3 Å². The van der Waals surface area contributed by atoms with Crippen molar-refractivity contribution in [3.05, 3.63) is 70.8 Å². The van der Waals surface area contributed by atoms with E-state index in [1.165, 1.54) is 11.3 Å². The van der Waals surface area contributed by atoms with Crippen LogP contribution in [0.1, 0.15) is 28.3 Å². The molecular weight excluding hydrogens is 372 g/mol. The lowest BCUT2D eigenvalue weighted by Gasteiger charge is -2.31. The molecule has 0 spiro atoms. The van der Waals surface area contributed by atoms with E-state index in [0.717, 1.165) is 21.8 Å². The van der Waals surface area contributed by atoms with Gasteiger partial charge in [-0.3, -0.25) is 9.59 Å². The van der Waals surface area contributed by atoms with Crippen LogP contribution in [0.5, 0.6) is 0 Å². The minimum Gasteiger partial charge on any atom is -0.467 e. The largest absolute Gasteiger partial charge is 0.467 e. The number of hydrogen-bond donors (Lipinski definition) is 1. The first kappa shape index (κ1) is 18.5. The highest BCUT2D eigenvalue weighted by Gasteiger charge is 2.29. The van der Waals surface area contributed by atoms with Crippen molar-refractivity contribution in [3.63, 3.8) is 0 Å². The number of benzene rings is 1. The minimum atomic E-state index is -0.0593. The summed E-state index contributed by atoms with van der Waals surface area (Å²) >= 11 is 1.48. The van der Waals surface area contributed by atoms with E-state index in [-0.39, 0.29) is 17.7 Å². The van der Waals surface area contributed by atoms with Gasteiger partial charge in [0, 0.05) is 24.6 Å². The van der Waals surface area contributed by atoms with Crippen molar-refractivity contribution in [2.75, 3.05) is 13.1 Å². The molecule has 1 fully saturated rings. The highest BCUT2D eigenvalue weighted by Crippen LogP contribution is 2.30. The third kappa shape index (κ3) is 4.02. The van der Waals surface area contributed by atoms with Crippen molar-refractivity contribution in [2.24, 2.45) is 5.92 Å². The van der Waals surface area contributed by atoms with Gasteiger partial charge < -0.3 is 14.6 Å². The number of piperidine rings is 1. The summed E-state index contributed by atoms with van der Waals surface area (Å²) in [6.07, 6.45) is 2.96. The number of nitrogens with one attached hydrogen (secondary N) is 1. The summed E-state index contributed by atoms with van der Waals surface area (Å²) in [5, 5.41) is 4.89. The molecule has 3 aromatic rings. The van der Waals surface area contributed by atoms with Crippen molar-refractivity contribution in [3.8, 4) is 11.1 Å². The van der Waals surface area contributed by atoms with Gasteiger partial charge in [0.25, 0.3) is 5.91 Å². The number of furan rings is 1. The van der Waals surface area contributed by atoms with Gasteiger partial charge >= 0.3 is 0 Å². The fourth-order valence-electron chi connectivity index (χ4n) is 3.54. The van der Waals surface area contributed by atoms with Gasteiger partial charge in [-0.25, -0.2) is 0 Å². The van der Waals surface area contributed by atoms with Gasteiger partial charge in [-0.05, 0) is 42.0 Å². The Hall–Kier alpha value is -2.86. The Morgan fingerprint density at radius 3 is 2.57 bits per heavy atom. The average molecular weight is 394 g/mol. The summed E-state index contributed by atoms with van der Waals surface area (Å²) in [5.74, 6) is 0.774. The van der Waals surface area contributed by atoms with Crippen molar-refractivity contribution in [1.82, 2.24) is 10.2 Å². The van der Waals surface area contributed by atoms with E-state index in [0.29, 0.717) is 32.5 Å². The first-order valence-corrected chi connectivity index (χ1v) is 10.3. The quantitative estimate of drug-likeness (QED) is 0.706. The maximum Gasteiger partial charge on any atom is 0.264 e. The van der Waals surface area contributed by atoms with Crippen LogP contribution in [0.25, 0.3) is 11.1 Å². The lowest BCUT2D eigenvalue weighted by atomic mass is 9.95. The highest BCUT2D eigenvalue weighted by molar-refractivity contribution is 7.12. The van der Waals surface area contributed by atoms with Crippen molar-refractivity contribution < 1.29 is 14.0 Å². The first-order chi connectivity index (χ1) is 13.7. The zero-order valence-corrected chi connectivity index (χ0v) is 16.3. The number of likely N-dealkylation sites (tertiary alicyclic amines) is 1. The molecule has 0 radical (unpaired) electrons. The zero-order valence-electron chi connectivity index (χ0n) is 15.5. The zero-order chi connectivity index (χ0) is 19.3. The number of thiophene rings is 1. The molecule has 0 aliphatic carbocycles. The van der Waals surface area contributed by atoms with Crippen LogP contribution in [0.15, 0.2) is 64.6 Å². The third-order valence-electron chi connectivity index (χ3n) is 5.11. The Morgan fingerprint density at radius 1 is 1.07 bits per heavy atom. The van der Waals surface area contributed by atoms with Crippen LogP contribution >= 0.6 is 11.3 Å². The molecule has 4 rings (SSSR count). The Morgan fingerprint density at radius 2 is 1.86 bits per heavy atom. The summed E-state index contributed by atoms with van der Waals surface area (Å²) < 4.78 is 5.24. The molecule has 28 heavy (non-hydrogen) atoms. The first-order valence-electron chi connectivity index (χ1n) is 9.44. The predicted molar refractivity (Wildman–Crippen MR) is 109 cm³/mol. The van der Waals surface area contributed by atoms with Gasteiger partial charge in [0.2, 0.25) is 5.91 Å². The summed E-state index contributed by atoms with van der Waals surface area (Å²) in [7, 11) is 0. The van der Waals surface area contributed by atoms with Crippen LogP contribution in [-0.2, 0) is 11.3 Å². The molecule has 1 saturated heterocycles. The molecule has 1 aliphatic heterocycles. The van der Waals surface area contributed by atoms with E-state index in [1.807, 2.05) is 52.7 Å². The number of carbonyl (C=O) groups is 2. The Labute approximate surface area is 168 Å². The molecule has 144 valence electrons. The van der Waals surface area contributed by atoms with E-state index in [9.17, 15) is 9.59 Å². The molecule has 1 aromatic carbocycles. The lowest BCUT2D eigenvalue weighted by Crippen LogP contribution is -2.42. The Balaban J connectivity index is 1.35. The highest BCUT2D eigenvalue weighted by atomic mass is 32.1. The fourth-order valence-corrected chi connectivity index (χ4v) is 4.42. The predicted octanol–water partition coefficient (Wildman–Crippen LogP) is 4.18. The van der Waals surface area contributed by atoms with Crippen molar-refractivity contribution in [1.29, 1.82) is 0 Å². The second kappa shape index (κ2) is 8.44. The summed E-state index contributed by atoms with van der Waals surface area (Å²) in [4.78, 5) is 28.1. The molecule has 5 nitrogen and oxygen atoms in total. The Kier molecular flexibility index (Phi) is 5.58. The molecular formula is C22H22N2O3S. The van der Waals surface area contributed by atoms with Gasteiger partial charge in [-0.15, -0.1) is 11.3 Å². The van der Waals surface area contributed by atoms with Gasteiger partial charge in [0.15, 0.2) is 0 Å². The van der Waals surface area contributed by atoms with Crippen LogP contribution in [-0.4, -0.2) is 29.8 Å². The smallest absolute Gasteiger partial charge is 0.264 e. The van der Waals surface area contributed by atoms with Crippen LogP contribution in [0, 0.1) is 5.92 Å². The summed E-state index contributed by atoms with van der Waals surface area (Å²) in [6, 6.07) is 15.6. The molecule has 0 bridgehead atoms.